The molecule has 0 saturated carbocycles. The van der Waals surface area contributed by atoms with Crippen LogP contribution in [-0.2, 0) is 6.42 Å². The maximum Gasteiger partial charge on any atom is 0.323 e. The Kier molecular flexibility index (Phi) is 6.79. The van der Waals surface area contributed by atoms with Gasteiger partial charge >= 0.3 is 6.03 Å². The summed E-state index contributed by atoms with van der Waals surface area (Å²) >= 11 is 0. The van der Waals surface area contributed by atoms with Crippen LogP contribution in [-0.4, -0.2) is 25.6 Å². The van der Waals surface area contributed by atoms with Crippen molar-refractivity contribution in [2.45, 2.75) is 6.42 Å². The van der Waals surface area contributed by atoms with Gasteiger partial charge in [-0.1, -0.05) is 48.5 Å². The van der Waals surface area contributed by atoms with E-state index in [2.05, 4.69) is 25.6 Å². The SMILES string of the molecule is O=C(Nc1ccccc1)Nc1cccc(-c2cccc(-n3c(=O)c(Cc4cccnc4)nc4cccnc43)c2)c1. The van der Waals surface area contributed by atoms with Gasteiger partial charge < -0.3 is 10.6 Å². The second-order valence-corrected chi connectivity index (χ2v) is 9.16. The highest BCUT2D eigenvalue weighted by atomic mass is 16.2. The monoisotopic (exact) mass is 524 g/mol. The molecule has 0 unspecified atom stereocenters. The zero-order chi connectivity index (χ0) is 27.3. The highest BCUT2D eigenvalue weighted by Crippen LogP contribution is 2.26. The van der Waals surface area contributed by atoms with Gasteiger partial charge in [0.25, 0.3) is 5.56 Å². The molecule has 3 heterocycles. The molecule has 8 nitrogen and oxygen atoms in total. The summed E-state index contributed by atoms with van der Waals surface area (Å²) in [4.78, 5) is 39.5. The third-order valence-corrected chi connectivity index (χ3v) is 6.37. The quantitative estimate of drug-likeness (QED) is 0.275. The number of urea groups is 1. The number of nitrogens with one attached hydrogen (secondary N) is 2. The molecule has 0 bridgehead atoms. The maximum atomic E-state index is 13.7. The molecule has 3 aromatic carbocycles. The molecule has 0 aliphatic rings. The molecular weight excluding hydrogens is 500 g/mol. The first-order valence-corrected chi connectivity index (χ1v) is 12.7. The van der Waals surface area contributed by atoms with Crippen molar-refractivity contribution in [1.29, 1.82) is 0 Å². The summed E-state index contributed by atoms with van der Waals surface area (Å²) in [6.07, 6.45) is 5.45. The van der Waals surface area contributed by atoms with E-state index in [0.29, 0.717) is 40.3 Å². The van der Waals surface area contributed by atoms with Crippen LogP contribution in [0.15, 0.2) is 127 Å². The maximum absolute atomic E-state index is 13.7. The number of anilines is 2. The van der Waals surface area contributed by atoms with Crippen molar-refractivity contribution in [3.63, 3.8) is 0 Å². The number of para-hydroxylation sites is 1. The first-order chi connectivity index (χ1) is 19.6. The lowest BCUT2D eigenvalue weighted by Gasteiger charge is -2.13. The van der Waals surface area contributed by atoms with Crippen LogP contribution in [0.1, 0.15) is 11.3 Å². The smallest absolute Gasteiger partial charge is 0.308 e. The van der Waals surface area contributed by atoms with Gasteiger partial charge in [-0.25, -0.2) is 14.8 Å². The molecule has 3 aromatic heterocycles. The zero-order valence-corrected chi connectivity index (χ0v) is 21.4. The van der Waals surface area contributed by atoms with Crippen LogP contribution in [0.2, 0.25) is 0 Å². The molecular formula is C32H24N6O2. The highest BCUT2D eigenvalue weighted by molar-refractivity contribution is 6.00. The molecule has 40 heavy (non-hydrogen) atoms. The van der Waals surface area contributed by atoms with Gasteiger partial charge in [-0.3, -0.25) is 14.3 Å². The molecule has 0 aliphatic heterocycles. The number of fused-ring (bicyclic) bond motifs is 1. The van der Waals surface area contributed by atoms with Gasteiger partial charge in [-0.15, -0.1) is 0 Å². The number of rotatable bonds is 6. The van der Waals surface area contributed by atoms with Crippen molar-refractivity contribution in [3.05, 3.63) is 143 Å². The average Bonchev–Trinajstić information content (AvgIpc) is 2.99. The van der Waals surface area contributed by atoms with Gasteiger partial charge in [0.1, 0.15) is 11.2 Å². The van der Waals surface area contributed by atoms with Crippen molar-refractivity contribution < 1.29 is 4.79 Å². The van der Waals surface area contributed by atoms with Crippen molar-refractivity contribution in [2.24, 2.45) is 0 Å². The number of amides is 2. The molecule has 0 aliphatic carbocycles. The van der Waals surface area contributed by atoms with Crippen LogP contribution in [0.3, 0.4) is 0 Å². The van der Waals surface area contributed by atoms with Gasteiger partial charge in [0.2, 0.25) is 0 Å². The Balaban J connectivity index is 1.35. The van der Waals surface area contributed by atoms with Gasteiger partial charge in [0.15, 0.2) is 5.65 Å². The van der Waals surface area contributed by atoms with Crippen LogP contribution in [0.4, 0.5) is 16.2 Å². The fraction of sp³-hybridized carbons (Fsp3) is 0.0312. The van der Waals surface area contributed by atoms with E-state index in [1.54, 1.807) is 29.2 Å². The predicted molar refractivity (Wildman–Crippen MR) is 157 cm³/mol. The van der Waals surface area contributed by atoms with Crippen LogP contribution in [0, 0.1) is 0 Å². The zero-order valence-electron chi connectivity index (χ0n) is 21.4. The van der Waals surface area contributed by atoms with E-state index in [4.69, 9.17) is 0 Å². The van der Waals surface area contributed by atoms with E-state index in [-0.39, 0.29) is 11.6 Å². The fourth-order valence-corrected chi connectivity index (χ4v) is 4.53. The summed E-state index contributed by atoms with van der Waals surface area (Å²) in [6.45, 7) is 0. The number of aromatic nitrogens is 4. The molecule has 0 radical (unpaired) electrons. The molecule has 2 amide bonds. The van der Waals surface area contributed by atoms with E-state index in [0.717, 1.165) is 16.7 Å². The average molecular weight is 525 g/mol. The summed E-state index contributed by atoms with van der Waals surface area (Å²) in [5.41, 5.74) is 5.96. The minimum Gasteiger partial charge on any atom is -0.308 e. The first-order valence-electron chi connectivity index (χ1n) is 12.7. The second-order valence-electron chi connectivity index (χ2n) is 9.16. The molecule has 6 aromatic rings. The van der Waals surface area contributed by atoms with Gasteiger partial charge in [0, 0.05) is 36.4 Å². The first kappa shape index (κ1) is 24.7. The number of carbonyl (C=O) groups is 1. The van der Waals surface area contributed by atoms with Crippen LogP contribution < -0.4 is 16.2 Å². The minimum atomic E-state index is -0.334. The van der Waals surface area contributed by atoms with Crippen LogP contribution in [0.5, 0.6) is 0 Å². The topological polar surface area (TPSA) is 102 Å². The number of hydrogen-bond acceptors (Lipinski definition) is 5. The third-order valence-electron chi connectivity index (χ3n) is 6.37. The Morgan fingerprint density at radius 1 is 0.750 bits per heavy atom. The van der Waals surface area contributed by atoms with Gasteiger partial charge in [-0.05, 0) is 71.3 Å². The summed E-state index contributed by atoms with van der Waals surface area (Å²) in [6, 6.07) is 31.6. The normalized spacial score (nSPS) is 10.8. The number of benzene rings is 3. The Hall–Kier alpha value is -5.63. The second kappa shape index (κ2) is 11.0. The number of hydrogen-bond donors (Lipinski definition) is 2. The third kappa shape index (κ3) is 5.32. The number of carbonyl (C=O) groups excluding carboxylic acids is 1. The van der Waals surface area contributed by atoms with Gasteiger partial charge in [-0.2, -0.15) is 0 Å². The van der Waals surface area contributed by atoms with Crippen LogP contribution >= 0.6 is 0 Å². The molecule has 2 N–H and O–H groups in total. The molecule has 194 valence electrons. The summed E-state index contributed by atoms with van der Waals surface area (Å²) in [5.74, 6) is 0. The summed E-state index contributed by atoms with van der Waals surface area (Å²) < 4.78 is 1.60. The molecule has 8 heteroatoms. The van der Waals surface area contributed by atoms with Crippen molar-refractivity contribution in [2.75, 3.05) is 10.6 Å². The fourth-order valence-electron chi connectivity index (χ4n) is 4.53. The Labute approximate surface area is 230 Å². The minimum absolute atomic E-state index is 0.236. The van der Waals surface area contributed by atoms with Crippen molar-refractivity contribution in [1.82, 2.24) is 19.5 Å². The summed E-state index contributed by atoms with van der Waals surface area (Å²) in [5, 5.41) is 5.70. The highest BCUT2D eigenvalue weighted by Gasteiger charge is 2.15. The molecule has 0 fully saturated rings. The lowest BCUT2D eigenvalue weighted by molar-refractivity contribution is 0.262. The van der Waals surface area contributed by atoms with E-state index in [1.807, 2.05) is 97.1 Å². The Morgan fingerprint density at radius 3 is 2.33 bits per heavy atom. The summed E-state index contributed by atoms with van der Waals surface area (Å²) in [7, 11) is 0. The van der Waals surface area contributed by atoms with Crippen LogP contribution in [0.25, 0.3) is 28.0 Å². The lowest BCUT2D eigenvalue weighted by Crippen LogP contribution is -2.25. The largest absolute Gasteiger partial charge is 0.323 e. The number of nitrogens with zero attached hydrogens (tertiary/aromatic N) is 4. The van der Waals surface area contributed by atoms with Crippen molar-refractivity contribution in [3.8, 4) is 16.8 Å². The molecule has 0 saturated heterocycles. The standard InChI is InChI=1S/C32H24N6O2/c39-31-29(18-22-8-6-16-33-21-22)37-28-15-7-17-34-30(28)38(31)27-14-5-10-24(20-27)23-9-4-13-26(19-23)36-32(40)35-25-11-2-1-3-12-25/h1-17,19-21H,18H2,(H2,35,36,40). The predicted octanol–water partition coefficient (Wildman–Crippen LogP) is 6.08. The lowest BCUT2D eigenvalue weighted by atomic mass is 10.0. The Bertz CT molecular complexity index is 1870. The van der Waals surface area contributed by atoms with E-state index in [1.165, 1.54) is 0 Å². The van der Waals surface area contributed by atoms with E-state index in [9.17, 15) is 9.59 Å². The van der Waals surface area contributed by atoms with Gasteiger partial charge in [0.05, 0.1) is 5.69 Å². The molecule has 0 atom stereocenters. The Morgan fingerprint density at radius 2 is 1.50 bits per heavy atom. The number of pyridine rings is 2. The van der Waals surface area contributed by atoms with E-state index >= 15 is 0 Å². The molecule has 0 spiro atoms. The van der Waals surface area contributed by atoms with Crippen molar-refractivity contribution >= 4 is 28.6 Å². The van der Waals surface area contributed by atoms with E-state index < -0.39 is 0 Å². The molecule has 6 rings (SSSR count).